The second-order valence-electron chi connectivity index (χ2n) is 2.83. The number of H-pyrrole nitrogens is 1. The van der Waals surface area contributed by atoms with Gasteiger partial charge in [-0.3, -0.25) is 10.1 Å². The van der Waals surface area contributed by atoms with Crippen LogP contribution in [0, 0.1) is 0 Å². The zero-order chi connectivity index (χ0) is 8.39. The highest BCUT2D eigenvalue weighted by Crippen LogP contribution is 2.04. The van der Waals surface area contributed by atoms with Crippen molar-refractivity contribution in [2.75, 3.05) is 19.8 Å². The van der Waals surface area contributed by atoms with E-state index >= 15 is 0 Å². The Hall–Kier alpha value is -1.29. The number of carbonyl (C=O) groups excluding carboxylic acids is 1. The second kappa shape index (κ2) is 2.98. The lowest BCUT2D eigenvalue weighted by atomic mass is 10.3. The number of amides is 1. The van der Waals surface area contributed by atoms with E-state index in [-0.39, 0.29) is 5.91 Å². The molecule has 1 fully saturated rings. The SMILES string of the molecule is O=C(c1cc[nH]c1)N1CCNC1. The molecule has 0 atom stereocenters. The predicted molar refractivity (Wildman–Crippen MR) is 44.7 cm³/mol. The smallest absolute Gasteiger partial charge is 0.256 e. The number of nitrogens with zero attached hydrogens (tertiary/aromatic N) is 1. The summed E-state index contributed by atoms with van der Waals surface area (Å²) >= 11 is 0. The Balaban J connectivity index is 2.09. The summed E-state index contributed by atoms with van der Waals surface area (Å²) in [5, 5.41) is 3.11. The Kier molecular flexibility index (Phi) is 1.83. The van der Waals surface area contributed by atoms with Crippen LogP contribution in [0.5, 0.6) is 0 Å². The summed E-state index contributed by atoms with van der Waals surface area (Å²) in [7, 11) is 0. The van der Waals surface area contributed by atoms with Crippen molar-refractivity contribution in [2.45, 2.75) is 0 Å². The molecule has 4 nitrogen and oxygen atoms in total. The molecule has 64 valence electrons. The van der Waals surface area contributed by atoms with Crippen LogP contribution in [0.25, 0.3) is 0 Å². The molecule has 0 aliphatic carbocycles. The quantitative estimate of drug-likeness (QED) is 0.616. The van der Waals surface area contributed by atoms with Gasteiger partial charge in [0.2, 0.25) is 0 Å². The molecule has 2 rings (SSSR count). The third-order valence-electron chi connectivity index (χ3n) is 1.99. The van der Waals surface area contributed by atoms with E-state index in [0.29, 0.717) is 6.67 Å². The van der Waals surface area contributed by atoms with Gasteiger partial charge >= 0.3 is 0 Å². The van der Waals surface area contributed by atoms with Crippen molar-refractivity contribution in [3.8, 4) is 0 Å². The minimum atomic E-state index is 0.0984. The number of rotatable bonds is 1. The van der Waals surface area contributed by atoms with Gasteiger partial charge in [-0.2, -0.15) is 0 Å². The lowest BCUT2D eigenvalue weighted by Crippen LogP contribution is -2.29. The maximum absolute atomic E-state index is 11.6. The van der Waals surface area contributed by atoms with E-state index in [1.165, 1.54) is 0 Å². The Morgan fingerprint density at radius 1 is 1.58 bits per heavy atom. The third kappa shape index (κ3) is 1.21. The molecule has 1 amide bonds. The molecule has 1 saturated heterocycles. The summed E-state index contributed by atoms with van der Waals surface area (Å²) in [5.41, 5.74) is 0.735. The number of hydrogen-bond acceptors (Lipinski definition) is 2. The van der Waals surface area contributed by atoms with Crippen LogP contribution in [0.3, 0.4) is 0 Å². The lowest BCUT2D eigenvalue weighted by Gasteiger charge is -2.12. The molecule has 0 spiro atoms. The number of carbonyl (C=O) groups is 1. The minimum Gasteiger partial charge on any atom is -0.367 e. The molecule has 1 aliphatic heterocycles. The lowest BCUT2D eigenvalue weighted by molar-refractivity contribution is 0.0791. The summed E-state index contributed by atoms with van der Waals surface area (Å²) in [5.74, 6) is 0.0984. The molecule has 12 heavy (non-hydrogen) atoms. The molecule has 2 heterocycles. The maximum Gasteiger partial charge on any atom is 0.256 e. The number of aromatic nitrogens is 1. The molecule has 1 aliphatic rings. The van der Waals surface area contributed by atoms with Crippen molar-refractivity contribution in [1.82, 2.24) is 15.2 Å². The average molecular weight is 165 g/mol. The Bertz CT molecular complexity index is 262. The fourth-order valence-electron chi connectivity index (χ4n) is 1.32. The first-order valence-corrected chi connectivity index (χ1v) is 4.01. The highest BCUT2D eigenvalue weighted by Gasteiger charge is 2.18. The highest BCUT2D eigenvalue weighted by molar-refractivity contribution is 5.94. The van der Waals surface area contributed by atoms with E-state index < -0.39 is 0 Å². The highest BCUT2D eigenvalue weighted by atomic mass is 16.2. The Labute approximate surface area is 70.6 Å². The standard InChI is InChI=1S/C8H11N3O/c12-8(7-1-2-9-5-7)11-4-3-10-6-11/h1-2,5,9-10H,3-4,6H2. The molecule has 0 bridgehead atoms. The minimum absolute atomic E-state index is 0.0984. The van der Waals surface area contributed by atoms with E-state index in [1.54, 1.807) is 23.4 Å². The number of aromatic amines is 1. The second-order valence-corrected chi connectivity index (χ2v) is 2.83. The van der Waals surface area contributed by atoms with Crippen LogP contribution in [0.15, 0.2) is 18.5 Å². The van der Waals surface area contributed by atoms with Gasteiger partial charge in [0.1, 0.15) is 0 Å². The predicted octanol–water partition coefficient (Wildman–Crippen LogP) is 0.0176. The zero-order valence-corrected chi connectivity index (χ0v) is 6.71. The van der Waals surface area contributed by atoms with Gasteiger partial charge < -0.3 is 9.88 Å². The monoisotopic (exact) mass is 165 g/mol. The van der Waals surface area contributed by atoms with Crippen LogP contribution < -0.4 is 5.32 Å². The Morgan fingerprint density at radius 3 is 3.08 bits per heavy atom. The molecule has 1 aromatic rings. The summed E-state index contributed by atoms with van der Waals surface area (Å²) in [4.78, 5) is 16.2. The van der Waals surface area contributed by atoms with Gasteiger partial charge in [0.15, 0.2) is 0 Å². The van der Waals surface area contributed by atoms with Gasteiger partial charge in [0.05, 0.1) is 12.2 Å². The van der Waals surface area contributed by atoms with Gasteiger partial charge in [0, 0.05) is 25.5 Å². The molecule has 0 radical (unpaired) electrons. The van der Waals surface area contributed by atoms with Gasteiger partial charge in [-0.25, -0.2) is 0 Å². The van der Waals surface area contributed by atoms with Crippen LogP contribution >= 0.6 is 0 Å². The normalized spacial score (nSPS) is 16.8. The molecule has 0 saturated carbocycles. The van der Waals surface area contributed by atoms with Crippen LogP contribution in [0.1, 0.15) is 10.4 Å². The van der Waals surface area contributed by atoms with Crippen LogP contribution in [-0.2, 0) is 0 Å². The summed E-state index contributed by atoms with van der Waals surface area (Å²) in [6.07, 6.45) is 3.48. The van der Waals surface area contributed by atoms with Crippen LogP contribution in [0.4, 0.5) is 0 Å². The first-order valence-electron chi connectivity index (χ1n) is 4.01. The van der Waals surface area contributed by atoms with Crippen molar-refractivity contribution in [3.63, 3.8) is 0 Å². The van der Waals surface area contributed by atoms with Gasteiger partial charge in [-0.05, 0) is 6.07 Å². The average Bonchev–Trinajstić information content (AvgIpc) is 2.77. The molecule has 0 unspecified atom stereocenters. The fourth-order valence-corrected chi connectivity index (χ4v) is 1.32. The first kappa shape index (κ1) is 7.36. The topological polar surface area (TPSA) is 48.1 Å². The van der Waals surface area contributed by atoms with Crippen LogP contribution in [0.2, 0.25) is 0 Å². The summed E-state index contributed by atoms with van der Waals surface area (Å²) < 4.78 is 0. The first-order chi connectivity index (χ1) is 5.88. The van der Waals surface area contributed by atoms with Crippen molar-refractivity contribution < 1.29 is 4.79 Å². The molecular weight excluding hydrogens is 154 g/mol. The third-order valence-corrected chi connectivity index (χ3v) is 1.99. The molecule has 1 aromatic heterocycles. The van der Waals surface area contributed by atoms with Gasteiger partial charge in [-0.1, -0.05) is 0 Å². The van der Waals surface area contributed by atoms with E-state index in [4.69, 9.17) is 0 Å². The molecular formula is C8H11N3O. The van der Waals surface area contributed by atoms with Crippen LogP contribution in [-0.4, -0.2) is 35.5 Å². The van der Waals surface area contributed by atoms with Crippen molar-refractivity contribution >= 4 is 5.91 Å². The molecule has 4 heteroatoms. The summed E-state index contributed by atoms with van der Waals surface area (Å²) in [6, 6.07) is 1.79. The van der Waals surface area contributed by atoms with E-state index in [9.17, 15) is 4.79 Å². The van der Waals surface area contributed by atoms with Crippen molar-refractivity contribution in [2.24, 2.45) is 0 Å². The van der Waals surface area contributed by atoms with E-state index in [0.717, 1.165) is 18.7 Å². The number of nitrogens with one attached hydrogen (secondary N) is 2. The molecule has 0 aromatic carbocycles. The largest absolute Gasteiger partial charge is 0.367 e. The van der Waals surface area contributed by atoms with E-state index in [2.05, 4.69) is 10.3 Å². The molecule has 2 N–H and O–H groups in total. The zero-order valence-electron chi connectivity index (χ0n) is 6.71. The van der Waals surface area contributed by atoms with Crippen molar-refractivity contribution in [1.29, 1.82) is 0 Å². The van der Waals surface area contributed by atoms with Gasteiger partial charge in [0.25, 0.3) is 5.91 Å². The Morgan fingerprint density at radius 2 is 2.50 bits per heavy atom. The van der Waals surface area contributed by atoms with E-state index in [1.807, 2.05) is 0 Å². The fraction of sp³-hybridized carbons (Fsp3) is 0.375. The number of hydrogen-bond donors (Lipinski definition) is 2. The van der Waals surface area contributed by atoms with Gasteiger partial charge in [-0.15, -0.1) is 0 Å². The summed E-state index contributed by atoms with van der Waals surface area (Å²) in [6.45, 7) is 2.38. The van der Waals surface area contributed by atoms with Crippen molar-refractivity contribution in [3.05, 3.63) is 24.0 Å². The maximum atomic E-state index is 11.6.